The molecule has 1 amide bonds. The normalized spacial score (nSPS) is 18.2. The third-order valence-corrected chi connectivity index (χ3v) is 5.48. The summed E-state index contributed by atoms with van der Waals surface area (Å²) in [6, 6.07) is 5.83. The van der Waals surface area contributed by atoms with Crippen LogP contribution < -0.4 is 5.32 Å². The predicted octanol–water partition coefficient (Wildman–Crippen LogP) is 4.37. The van der Waals surface area contributed by atoms with Crippen molar-refractivity contribution in [2.45, 2.75) is 46.2 Å². The number of carbonyl (C=O) groups is 1. The number of nitrogens with one attached hydrogen (secondary N) is 1. The standard InChI is InChI=1S/C18H26Cl2N2O/c1-12(2)13(3)21-18(23)14-7-9-22(10-8-14)11-15-16(19)5-4-6-17(15)20/h4-6,12-14H,7-11H2,1-3H3,(H,21,23). The summed E-state index contributed by atoms with van der Waals surface area (Å²) < 4.78 is 0. The van der Waals surface area contributed by atoms with Crippen molar-refractivity contribution in [2.75, 3.05) is 13.1 Å². The van der Waals surface area contributed by atoms with Crippen molar-refractivity contribution in [3.63, 3.8) is 0 Å². The highest BCUT2D eigenvalue weighted by molar-refractivity contribution is 6.35. The number of hydrogen-bond acceptors (Lipinski definition) is 2. The number of piperidine rings is 1. The van der Waals surface area contributed by atoms with Gasteiger partial charge in [0, 0.05) is 34.1 Å². The zero-order valence-electron chi connectivity index (χ0n) is 14.1. The zero-order valence-corrected chi connectivity index (χ0v) is 15.6. The maximum absolute atomic E-state index is 12.3. The molecule has 3 nitrogen and oxygen atoms in total. The Balaban J connectivity index is 1.85. The minimum absolute atomic E-state index is 0.120. The van der Waals surface area contributed by atoms with Crippen molar-refractivity contribution < 1.29 is 4.79 Å². The van der Waals surface area contributed by atoms with Gasteiger partial charge in [0.15, 0.2) is 0 Å². The number of amides is 1. The van der Waals surface area contributed by atoms with Gasteiger partial charge in [-0.25, -0.2) is 0 Å². The first kappa shape index (κ1) is 18.6. The van der Waals surface area contributed by atoms with Crippen LogP contribution in [0, 0.1) is 11.8 Å². The van der Waals surface area contributed by atoms with Crippen LogP contribution in [0.5, 0.6) is 0 Å². The van der Waals surface area contributed by atoms with E-state index in [-0.39, 0.29) is 17.9 Å². The van der Waals surface area contributed by atoms with Crippen molar-refractivity contribution in [3.8, 4) is 0 Å². The van der Waals surface area contributed by atoms with Crippen molar-refractivity contribution in [1.29, 1.82) is 0 Å². The molecule has 1 aliphatic rings. The van der Waals surface area contributed by atoms with Gasteiger partial charge in [-0.1, -0.05) is 43.1 Å². The van der Waals surface area contributed by atoms with Crippen molar-refractivity contribution in [2.24, 2.45) is 11.8 Å². The molecule has 1 unspecified atom stereocenters. The molecule has 23 heavy (non-hydrogen) atoms. The molecule has 1 N–H and O–H groups in total. The Labute approximate surface area is 149 Å². The van der Waals surface area contributed by atoms with Crippen LogP contribution in [-0.2, 0) is 11.3 Å². The molecule has 0 spiro atoms. The number of carbonyl (C=O) groups excluding carboxylic acids is 1. The summed E-state index contributed by atoms with van der Waals surface area (Å²) in [5.74, 6) is 0.775. The Morgan fingerprint density at radius 2 is 1.78 bits per heavy atom. The molecule has 1 heterocycles. The van der Waals surface area contributed by atoms with Crippen LogP contribution >= 0.6 is 23.2 Å². The predicted molar refractivity (Wildman–Crippen MR) is 96.9 cm³/mol. The Morgan fingerprint density at radius 1 is 1.22 bits per heavy atom. The van der Waals surface area contributed by atoms with Crippen molar-refractivity contribution in [1.82, 2.24) is 10.2 Å². The fourth-order valence-corrected chi connectivity index (χ4v) is 3.29. The number of benzene rings is 1. The maximum atomic E-state index is 12.3. The fraction of sp³-hybridized carbons (Fsp3) is 0.611. The molecule has 5 heteroatoms. The molecule has 1 aliphatic heterocycles. The van der Waals surface area contributed by atoms with Crippen molar-refractivity contribution >= 4 is 29.1 Å². The Morgan fingerprint density at radius 3 is 2.30 bits per heavy atom. The topological polar surface area (TPSA) is 32.3 Å². The van der Waals surface area contributed by atoms with E-state index in [0.717, 1.165) is 38.0 Å². The summed E-state index contributed by atoms with van der Waals surface area (Å²) in [4.78, 5) is 14.6. The van der Waals surface area contributed by atoms with E-state index in [1.165, 1.54) is 0 Å². The monoisotopic (exact) mass is 356 g/mol. The van der Waals surface area contributed by atoms with Gasteiger partial charge in [-0.3, -0.25) is 9.69 Å². The molecule has 1 saturated heterocycles. The van der Waals surface area contributed by atoms with E-state index in [1.54, 1.807) is 0 Å². The van der Waals surface area contributed by atoms with E-state index in [0.29, 0.717) is 16.0 Å². The summed E-state index contributed by atoms with van der Waals surface area (Å²) in [5, 5.41) is 4.55. The van der Waals surface area contributed by atoms with Crippen LogP contribution in [-0.4, -0.2) is 29.9 Å². The largest absolute Gasteiger partial charge is 0.353 e. The van der Waals surface area contributed by atoms with E-state index in [2.05, 4.69) is 31.0 Å². The summed E-state index contributed by atoms with van der Waals surface area (Å²) >= 11 is 12.5. The summed E-state index contributed by atoms with van der Waals surface area (Å²) in [5.41, 5.74) is 0.979. The van der Waals surface area contributed by atoms with E-state index >= 15 is 0 Å². The van der Waals surface area contributed by atoms with Gasteiger partial charge < -0.3 is 5.32 Å². The molecule has 128 valence electrons. The average Bonchev–Trinajstić information content (AvgIpc) is 2.51. The minimum atomic E-state index is 0.120. The maximum Gasteiger partial charge on any atom is 0.223 e. The van der Waals surface area contributed by atoms with Crippen LogP contribution in [0.25, 0.3) is 0 Å². The zero-order chi connectivity index (χ0) is 17.0. The highest BCUT2D eigenvalue weighted by Gasteiger charge is 2.26. The third-order valence-electron chi connectivity index (χ3n) is 4.77. The highest BCUT2D eigenvalue weighted by Crippen LogP contribution is 2.27. The van der Waals surface area contributed by atoms with Gasteiger partial charge in [0.1, 0.15) is 0 Å². The van der Waals surface area contributed by atoms with E-state index in [1.807, 2.05) is 18.2 Å². The van der Waals surface area contributed by atoms with Crippen LogP contribution in [0.3, 0.4) is 0 Å². The molecule has 0 aliphatic carbocycles. The second kappa shape index (κ2) is 8.36. The molecule has 1 atom stereocenters. The van der Waals surface area contributed by atoms with Crippen LogP contribution in [0.4, 0.5) is 0 Å². The van der Waals surface area contributed by atoms with Crippen molar-refractivity contribution in [3.05, 3.63) is 33.8 Å². The third kappa shape index (κ3) is 5.10. The van der Waals surface area contributed by atoms with Gasteiger partial charge in [0.25, 0.3) is 0 Å². The number of likely N-dealkylation sites (tertiary alicyclic amines) is 1. The molecule has 1 aromatic rings. The molecule has 1 fully saturated rings. The SMILES string of the molecule is CC(C)C(C)NC(=O)C1CCN(Cc2c(Cl)cccc2Cl)CC1. The van der Waals surface area contributed by atoms with E-state index in [9.17, 15) is 4.79 Å². The molecule has 0 aromatic heterocycles. The first-order valence-electron chi connectivity index (χ1n) is 8.34. The second-order valence-corrected chi connectivity index (χ2v) is 7.61. The minimum Gasteiger partial charge on any atom is -0.353 e. The van der Waals surface area contributed by atoms with Gasteiger partial charge in [-0.2, -0.15) is 0 Å². The first-order chi connectivity index (χ1) is 10.9. The Bertz CT molecular complexity index is 520. The van der Waals surface area contributed by atoms with Crippen LogP contribution in [0.15, 0.2) is 18.2 Å². The Kier molecular flexibility index (Phi) is 6.75. The second-order valence-electron chi connectivity index (χ2n) is 6.79. The summed E-state index contributed by atoms with van der Waals surface area (Å²) in [6.45, 7) is 8.86. The van der Waals surface area contributed by atoms with Gasteiger partial charge in [-0.05, 0) is 50.9 Å². The lowest BCUT2D eigenvalue weighted by Crippen LogP contribution is -2.44. The summed E-state index contributed by atoms with van der Waals surface area (Å²) in [7, 11) is 0. The Hall–Kier alpha value is -0.770. The van der Waals surface area contributed by atoms with E-state index in [4.69, 9.17) is 23.2 Å². The first-order valence-corrected chi connectivity index (χ1v) is 9.09. The lowest BCUT2D eigenvalue weighted by molar-refractivity contribution is -0.127. The van der Waals surface area contributed by atoms with Gasteiger partial charge in [-0.15, -0.1) is 0 Å². The van der Waals surface area contributed by atoms with E-state index < -0.39 is 0 Å². The smallest absolute Gasteiger partial charge is 0.223 e. The number of rotatable bonds is 5. The highest BCUT2D eigenvalue weighted by atomic mass is 35.5. The lowest BCUT2D eigenvalue weighted by atomic mass is 9.94. The molecule has 0 radical (unpaired) electrons. The molecule has 0 bridgehead atoms. The van der Waals surface area contributed by atoms with Gasteiger partial charge in [0.2, 0.25) is 5.91 Å². The average molecular weight is 357 g/mol. The van der Waals surface area contributed by atoms with Crippen LogP contribution in [0.2, 0.25) is 10.0 Å². The van der Waals surface area contributed by atoms with Gasteiger partial charge in [0.05, 0.1) is 0 Å². The molecule has 0 saturated carbocycles. The number of nitrogens with zero attached hydrogens (tertiary/aromatic N) is 1. The summed E-state index contributed by atoms with van der Waals surface area (Å²) in [6.07, 6.45) is 1.78. The number of halogens is 2. The number of hydrogen-bond donors (Lipinski definition) is 1. The quantitative estimate of drug-likeness (QED) is 0.849. The van der Waals surface area contributed by atoms with Gasteiger partial charge >= 0.3 is 0 Å². The fourth-order valence-electron chi connectivity index (χ4n) is 2.77. The molecule has 2 rings (SSSR count). The van der Waals surface area contributed by atoms with Crippen LogP contribution in [0.1, 0.15) is 39.2 Å². The lowest BCUT2D eigenvalue weighted by Gasteiger charge is -2.32. The molecule has 1 aromatic carbocycles. The molecular weight excluding hydrogens is 331 g/mol. The molecular formula is C18H26Cl2N2O.